The number of anilines is 1. The molecule has 2 aromatic heterocycles. The van der Waals surface area contributed by atoms with Crippen molar-refractivity contribution in [1.82, 2.24) is 9.97 Å². The number of Topliss-reactive ketones (excluding diaryl/α,β-unsaturated/α-hetero) is 1. The smallest absolute Gasteiger partial charge is 0.301 e. The number of nitrogens with zero attached hydrogens (tertiary/aromatic N) is 3. The first kappa shape index (κ1) is 23.7. The zero-order valence-electron chi connectivity index (χ0n) is 20.0. The topological polar surface area (TPSA) is 92.6 Å². The summed E-state index contributed by atoms with van der Waals surface area (Å²) in [7, 11) is 0. The Bertz CT molecular complexity index is 1480. The first-order chi connectivity index (χ1) is 17.5. The Morgan fingerprint density at radius 3 is 2.69 bits per heavy atom. The lowest BCUT2D eigenvalue weighted by atomic mass is 9.95. The van der Waals surface area contributed by atoms with E-state index in [1.165, 1.54) is 28.6 Å². The molecule has 0 saturated carbocycles. The van der Waals surface area contributed by atoms with Crippen LogP contribution in [0.5, 0.6) is 5.75 Å². The predicted molar refractivity (Wildman–Crippen MR) is 140 cm³/mol. The summed E-state index contributed by atoms with van der Waals surface area (Å²) < 4.78 is 6.81. The maximum Gasteiger partial charge on any atom is 0.301 e. The Kier molecular flexibility index (Phi) is 6.52. The van der Waals surface area contributed by atoms with Crippen LogP contribution in [0.4, 0.5) is 5.13 Å². The molecule has 8 heteroatoms. The number of unbranched alkanes of at least 4 members (excludes halogenated alkanes) is 1. The fourth-order valence-corrected chi connectivity index (χ4v) is 5.33. The highest BCUT2D eigenvalue weighted by molar-refractivity contribution is 7.22. The number of rotatable bonds is 7. The van der Waals surface area contributed by atoms with Crippen molar-refractivity contribution in [3.63, 3.8) is 0 Å². The number of hydrogen-bond donors (Lipinski definition) is 1. The second-order valence-electron chi connectivity index (χ2n) is 8.65. The highest BCUT2D eigenvalue weighted by Crippen LogP contribution is 2.44. The van der Waals surface area contributed by atoms with E-state index in [4.69, 9.17) is 4.74 Å². The average Bonchev–Trinajstić information content (AvgIpc) is 3.42. The van der Waals surface area contributed by atoms with Crippen molar-refractivity contribution in [2.75, 3.05) is 11.5 Å². The van der Waals surface area contributed by atoms with Crippen LogP contribution in [0, 0.1) is 6.92 Å². The molecule has 0 aliphatic carbocycles. The molecule has 0 radical (unpaired) electrons. The molecule has 0 spiro atoms. The van der Waals surface area contributed by atoms with Gasteiger partial charge in [0.1, 0.15) is 11.5 Å². The molecule has 4 aromatic rings. The van der Waals surface area contributed by atoms with E-state index in [1.54, 1.807) is 12.1 Å². The highest BCUT2D eigenvalue weighted by atomic mass is 32.1. The van der Waals surface area contributed by atoms with Crippen LogP contribution >= 0.6 is 11.3 Å². The van der Waals surface area contributed by atoms with Crippen molar-refractivity contribution < 1.29 is 19.4 Å². The molecule has 1 saturated heterocycles. The van der Waals surface area contributed by atoms with Gasteiger partial charge in [0.15, 0.2) is 5.13 Å². The number of carbonyl (C=O) groups excluding carboxylic acids is 2. The van der Waals surface area contributed by atoms with Gasteiger partial charge in [-0.25, -0.2) is 4.98 Å². The molecule has 1 fully saturated rings. The Morgan fingerprint density at radius 2 is 1.92 bits per heavy atom. The average molecular weight is 500 g/mol. The van der Waals surface area contributed by atoms with Gasteiger partial charge in [-0.15, -0.1) is 0 Å². The molecular weight excluding hydrogens is 474 g/mol. The van der Waals surface area contributed by atoms with Gasteiger partial charge in [-0.2, -0.15) is 0 Å². The summed E-state index contributed by atoms with van der Waals surface area (Å²) in [5.41, 5.74) is 2.88. The highest BCUT2D eigenvalue weighted by Gasteiger charge is 2.48. The van der Waals surface area contributed by atoms with Gasteiger partial charge in [-0.3, -0.25) is 19.5 Å². The van der Waals surface area contributed by atoms with Crippen LogP contribution in [0.3, 0.4) is 0 Å². The van der Waals surface area contributed by atoms with Gasteiger partial charge in [0.05, 0.1) is 28.4 Å². The van der Waals surface area contributed by atoms with Gasteiger partial charge in [-0.05, 0) is 60.9 Å². The van der Waals surface area contributed by atoms with Crippen molar-refractivity contribution in [2.45, 2.75) is 32.7 Å². The number of ketones is 1. The minimum atomic E-state index is -0.866. The quantitative estimate of drug-likeness (QED) is 0.149. The molecule has 1 aliphatic heterocycles. The van der Waals surface area contributed by atoms with E-state index in [9.17, 15) is 14.7 Å². The Labute approximate surface area is 212 Å². The summed E-state index contributed by atoms with van der Waals surface area (Å²) in [6.45, 7) is 4.64. The third kappa shape index (κ3) is 4.35. The Balaban J connectivity index is 1.67. The van der Waals surface area contributed by atoms with Gasteiger partial charge < -0.3 is 9.84 Å². The van der Waals surface area contributed by atoms with Crippen LogP contribution in [0.25, 0.3) is 16.0 Å². The van der Waals surface area contributed by atoms with Gasteiger partial charge in [0.25, 0.3) is 5.78 Å². The number of carbonyl (C=O) groups is 2. The number of hydrogen-bond acceptors (Lipinski definition) is 7. The molecule has 182 valence electrons. The Morgan fingerprint density at radius 1 is 1.11 bits per heavy atom. The Hall–Kier alpha value is -4.04. The largest absolute Gasteiger partial charge is 0.507 e. The zero-order chi connectivity index (χ0) is 25.2. The van der Waals surface area contributed by atoms with Gasteiger partial charge >= 0.3 is 5.91 Å². The molecule has 0 bridgehead atoms. The molecule has 1 aliphatic rings. The molecular formula is C28H25N3O4S. The van der Waals surface area contributed by atoms with Crippen LogP contribution < -0.4 is 9.64 Å². The SMILES string of the molecule is CCCCOc1cccc(C2/C(=C(\O)c3ccncc3)C(=O)C(=O)N2c2nc3ccc(C)cc3s2)c1. The molecule has 36 heavy (non-hydrogen) atoms. The van der Waals surface area contributed by atoms with Crippen molar-refractivity contribution in [3.05, 3.63) is 89.3 Å². The second-order valence-corrected chi connectivity index (χ2v) is 9.66. The third-order valence-electron chi connectivity index (χ3n) is 6.08. The van der Waals surface area contributed by atoms with Crippen LogP contribution in [0.1, 0.15) is 42.5 Å². The van der Waals surface area contributed by atoms with E-state index < -0.39 is 17.7 Å². The maximum atomic E-state index is 13.4. The van der Waals surface area contributed by atoms with E-state index in [-0.39, 0.29) is 11.3 Å². The number of fused-ring (bicyclic) bond motifs is 1. The summed E-state index contributed by atoms with van der Waals surface area (Å²) in [4.78, 5) is 36.8. The lowest BCUT2D eigenvalue weighted by molar-refractivity contribution is -0.132. The number of aromatic nitrogens is 2. The van der Waals surface area contributed by atoms with Crippen LogP contribution in [0.15, 0.2) is 72.6 Å². The first-order valence-electron chi connectivity index (χ1n) is 11.8. The number of benzene rings is 2. The molecule has 1 atom stereocenters. The number of aliphatic hydroxyl groups is 1. The molecule has 7 nitrogen and oxygen atoms in total. The van der Waals surface area contributed by atoms with Crippen molar-refractivity contribution in [1.29, 1.82) is 0 Å². The number of ether oxygens (including phenoxy) is 1. The summed E-state index contributed by atoms with van der Waals surface area (Å²) in [5.74, 6) is -1.11. The molecule has 1 unspecified atom stereocenters. The van der Waals surface area contributed by atoms with Gasteiger partial charge in [0.2, 0.25) is 0 Å². The lowest BCUT2D eigenvalue weighted by Crippen LogP contribution is -2.29. The van der Waals surface area contributed by atoms with E-state index in [0.717, 1.165) is 28.6 Å². The van der Waals surface area contributed by atoms with Crippen molar-refractivity contribution >= 4 is 44.1 Å². The maximum absolute atomic E-state index is 13.4. The van der Waals surface area contributed by atoms with Gasteiger partial charge in [-0.1, -0.05) is 42.9 Å². The molecule has 1 amide bonds. The summed E-state index contributed by atoms with van der Waals surface area (Å²) in [6, 6.07) is 15.5. The number of pyridine rings is 1. The fourth-order valence-electron chi connectivity index (χ4n) is 4.24. The molecule has 1 N–H and O–H groups in total. The third-order valence-corrected chi connectivity index (χ3v) is 7.09. The number of aliphatic hydroxyl groups excluding tert-OH is 1. The van der Waals surface area contributed by atoms with Gasteiger partial charge in [0, 0.05) is 18.0 Å². The monoisotopic (exact) mass is 499 g/mol. The fraction of sp³-hybridized carbons (Fsp3) is 0.214. The lowest BCUT2D eigenvalue weighted by Gasteiger charge is -2.23. The van der Waals surface area contributed by atoms with E-state index in [1.807, 2.05) is 49.4 Å². The van der Waals surface area contributed by atoms with E-state index in [0.29, 0.717) is 28.6 Å². The minimum Gasteiger partial charge on any atom is -0.507 e. The second kappa shape index (κ2) is 9.91. The van der Waals surface area contributed by atoms with Crippen molar-refractivity contribution in [2.24, 2.45) is 0 Å². The molecule has 2 aromatic carbocycles. The van der Waals surface area contributed by atoms with E-state index >= 15 is 0 Å². The van der Waals surface area contributed by atoms with Crippen LogP contribution in [0.2, 0.25) is 0 Å². The minimum absolute atomic E-state index is 0.00680. The summed E-state index contributed by atoms with van der Waals surface area (Å²) >= 11 is 1.34. The summed E-state index contributed by atoms with van der Waals surface area (Å²) in [5, 5.41) is 11.6. The van der Waals surface area contributed by atoms with Crippen molar-refractivity contribution in [3.8, 4) is 5.75 Å². The van der Waals surface area contributed by atoms with Crippen LogP contribution in [-0.4, -0.2) is 33.4 Å². The molecule has 5 rings (SSSR count). The number of amides is 1. The summed E-state index contributed by atoms with van der Waals surface area (Å²) in [6.07, 6.45) is 4.97. The molecule has 3 heterocycles. The first-order valence-corrected chi connectivity index (χ1v) is 12.6. The normalized spacial score (nSPS) is 17.2. The van der Waals surface area contributed by atoms with E-state index in [2.05, 4.69) is 16.9 Å². The standard InChI is InChI=1S/C28H25N3O4S/c1-3-4-14-35-20-7-5-6-19(16-20)24-23(25(32)18-10-12-29-13-11-18)26(33)27(34)31(24)28-30-21-9-8-17(2)15-22(21)36-28/h5-13,15-16,24,32H,3-4,14H2,1-2H3/b25-23+. The number of aryl methyl sites for hydroxylation is 1. The number of thiazole rings is 1. The van der Waals surface area contributed by atoms with Crippen LogP contribution in [-0.2, 0) is 9.59 Å². The predicted octanol–water partition coefficient (Wildman–Crippen LogP) is 5.80. The zero-order valence-corrected chi connectivity index (χ0v) is 20.8.